The van der Waals surface area contributed by atoms with Crippen molar-refractivity contribution >= 4 is 29.3 Å². The number of nitrogens with one attached hydrogen (secondary N) is 2. The smallest absolute Gasteiger partial charge is 0.226 e. The summed E-state index contributed by atoms with van der Waals surface area (Å²) >= 11 is 0. The third kappa shape index (κ3) is 13.8. The predicted octanol–water partition coefficient (Wildman–Crippen LogP) is 6.11. The van der Waals surface area contributed by atoms with Crippen LogP contribution in [0.5, 0.6) is 0 Å². The van der Waals surface area contributed by atoms with Crippen LogP contribution >= 0.6 is 0 Å². The molecule has 0 aromatic heterocycles. The molecule has 0 spiro atoms. The molecule has 1 aromatic carbocycles. The molecule has 56 heavy (non-hydrogen) atoms. The van der Waals surface area contributed by atoms with E-state index in [0.29, 0.717) is 25.8 Å². The van der Waals surface area contributed by atoms with E-state index in [1.54, 1.807) is 40.1 Å². The van der Waals surface area contributed by atoms with Crippen LogP contribution < -0.4 is 10.6 Å². The third-order valence-corrected chi connectivity index (χ3v) is 11.8. The Labute approximate surface area is 338 Å². The molecule has 1 heterocycles. The number of ether oxygens (including phenoxy) is 2. The van der Waals surface area contributed by atoms with Crippen molar-refractivity contribution in [1.82, 2.24) is 20.4 Å². The highest BCUT2D eigenvalue weighted by molar-refractivity contribution is 5.91. The first-order valence-electron chi connectivity index (χ1n) is 20.9. The lowest BCUT2D eigenvalue weighted by molar-refractivity contribution is -0.149. The van der Waals surface area contributed by atoms with Gasteiger partial charge >= 0.3 is 0 Å². The summed E-state index contributed by atoms with van der Waals surface area (Å²) in [5.74, 6) is -1.71. The summed E-state index contributed by atoms with van der Waals surface area (Å²) in [7, 11) is 6.68. The summed E-state index contributed by atoms with van der Waals surface area (Å²) in [5.41, 5.74) is 0.720. The number of Topliss-reactive ketones (excluding diaryl/α,β-unsaturated/α-hetero) is 2. The number of carbonyl (C=O) groups is 5. The fraction of sp³-hybridized carbons (Fsp3) is 0.756. The third-order valence-electron chi connectivity index (χ3n) is 11.8. The number of hydrogen-bond donors (Lipinski definition) is 2. The normalized spacial score (nSPS) is 19.1. The standard InChI is InChI=1S/C45H76N4O7/c1-15-30(6)41(48(12)44(54)33(28(2)3)25-36(50)40(46-11)29(4)5)38(55-13)26-39(52)49-23-19-22-35(49)42(56-14)31(7)43(53)47-34(37(51)27-45(8,9)10)24-32-20-17-16-18-21-32/h16-18,20-21,28-31,33-35,38,40-42,46H,15,19,22-27H2,1-14H3,(H,47,53)/t30-,31+,33-,34-,35-,38?,40-,41-,42+/m0/s1. The Balaban J connectivity index is 2.31. The summed E-state index contributed by atoms with van der Waals surface area (Å²) in [6.45, 7) is 20.4. The molecule has 9 atom stereocenters. The highest BCUT2D eigenvalue weighted by Crippen LogP contribution is 2.31. The Hall–Kier alpha value is -3.15. The van der Waals surface area contributed by atoms with Crippen molar-refractivity contribution < 1.29 is 33.4 Å². The van der Waals surface area contributed by atoms with E-state index >= 15 is 0 Å². The van der Waals surface area contributed by atoms with E-state index in [9.17, 15) is 24.0 Å². The number of benzene rings is 1. The molecule has 0 bridgehead atoms. The molecular formula is C45H76N4O7. The Morgan fingerprint density at radius 1 is 0.911 bits per heavy atom. The van der Waals surface area contributed by atoms with Crippen LogP contribution in [0, 0.1) is 35.0 Å². The van der Waals surface area contributed by atoms with Gasteiger partial charge in [0.15, 0.2) is 11.6 Å². The molecule has 1 aromatic rings. The summed E-state index contributed by atoms with van der Waals surface area (Å²) < 4.78 is 12.1. The van der Waals surface area contributed by atoms with Crippen LogP contribution in [-0.2, 0) is 39.9 Å². The number of ketones is 2. The number of likely N-dealkylation sites (tertiary alicyclic amines) is 1. The number of rotatable bonds is 23. The lowest BCUT2D eigenvalue weighted by atomic mass is 9.84. The highest BCUT2D eigenvalue weighted by Gasteiger charge is 2.43. The Morgan fingerprint density at radius 3 is 2.04 bits per heavy atom. The van der Waals surface area contributed by atoms with Crippen LogP contribution in [-0.4, -0.2) is 110 Å². The second kappa shape index (κ2) is 22.7. The number of hydrogen-bond acceptors (Lipinski definition) is 8. The van der Waals surface area contributed by atoms with Gasteiger partial charge in [0.25, 0.3) is 0 Å². The van der Waals surface area contributed by atoms with E-state index in [2.05, 4.69) is 24.5 Å². The predicted molar refractivity (Wildman–Crippen MR) is 223 cm³/mol. The van der Waals surface area contributed by atoms with E-state index < -0.39 is 36.1 Å². The summed E-state index contributed by atoms with van der Waals surface area (Å²) in [4.78, 5) is 72.9. The molecule has 0 saturated carbocycles. The van der Waals surface area contributed by atoms with Gasteiger partial charge in [-0.1, -0.05) is 106 Å². The molecule has 0 radical (unpaired) electrons. The van der Waals surface area contributed by atoms with Crippen LogP contribution in [0.15, 0.2) is 30.3 Å². The molecule has 11 heteroatoms. The van der Waals surface area contributed by atoms with Crippen molar-refractivity contribution in [1.29, 1.82) is 0 Å². The summed E-state index contributed by atoms with van der Waals surface area (Å²) in [5, 5.41) is 6.17. The van der Waals surface area contributed by atoms with Crippen LogP contribution in [0.2, 0.25) is 0 Å². The van der Waals surface area contributed by atoms with Gasteiger partial charge in [0.2, 0.25) is 17.7 Å². The molecule has 318 valence electrons. The minimum atomic E-state index is -0.696. The average Bonchev–Trinajstić information content (AvgIpc) is 3.62. The van der Waals surface area contributed by atoms with Crippen molar-refractivity contribution in [3.63, 3.8) is 0 Å². The number of amides is 3. The summed E-state index contributed by atoms with van der Waals surface area (Å²) in [6, 6.07) is 7.87. The SMILES string of the molecule is CC[C@H](C)[C@@H](C(CC(=O)N1CCC[C@H]1[C@H](OC)[C@@H](C)C(=O)N[C@@H](Cc1ccccc1)C(=O)CC(C)(C)C)OC)N(C)C(=O)[C@@H](CC(=O)[C@@H](NC)C(C)C)C(C)C. The molecule has 2 rings (SSSR count). The first-order chi connectivity index (χ1) is 26.2. The average molecular weight is 785 g/mol. The molecule has 1 saturated heterocycles. The van der Waals surface area contributed by atoms with Gasteiger partial charge in [-0.25, -0.2) is 0 Å². The fourth-order valence-corrected chi connectivity index (χ4v) is 8.43. The first-order valence-corrected chi connectivity index (χ1v) is 20.9. The molecule has 1 unspecified atom stereocenters. The molecule has 1 fully saturated rings. The van der Waals surface area contributed by atoms with Gasteiger partial charge in [0.1, 0.15) is 0 Å². The topological polar surface area (TPSA) is 134 Å². The lowest BCUT2D eigenvalue weighted by Gasteiger charge is -2.41. The molecule has 0 aliphatic carbocycles. The van der Waals surface area contributed by atoms with E-state index in [1.165, 1.54) is 0 Å². The maximum Gasteiger partial charge on any atom is 0.226 e. The number of likely N-dealkylation sites (N-methyl/N-ethyl adjacent to an activating group) is 2. The van der Waals surface area contributed by atoms with Crippen molar-refractivity contribution in [2.75, 3.05) is 34.9 Å². The lowest BCUT2D eigenvalue weighted by Crippen LogP contribution is -2.55. The van der Waals surface area contributed by atoms with Gasteiger partial charge < -0.3 is 29.9 Å². The van der Waals surface area contributed by atoms with Gasteiger partial charge in [-0.2, -0.15) is 0 Å². The quantitative estimate of drug-likeness (QED) is 0.136. The van der Waals surface area contributed by atoms with Gasteiger partial charge in [-0.3, -0.25) is 24.0 Å². The molecule has 2 N–H and O–H groups in total. The van der Waals surface area contributed by atoms with Gasteiger partial charge in [-0.05, 0) is 55.0 Å². The van der Waals surface area contributed by atoms with Gasteiger partial charge in [0.05, 0.1) is 48.7 Å². The van der Waals surface area contributed by atoms with Crippen LogP contribution in [0.1, 0.15) is 113 Å². The first kappa shape index (κ1) is 49.0. The Bertz CT molecular complexity index is 1410. The van der Waals surface area contributed by atoms with Crippen LogP contribution in [0.4, 0.5) is 0 Å². The largest absolute Gasteiger partial charge is 0.379 e. The van der Waals surface area contributed by atoms with E-state index in [4.69, 9.17) is 9.47 Å². The van der Waals surface area contributed by atoms with Crippen molar-refractivity contribution in [3.8, 4) is 0 Å². The van der Waals surface area contributed by atoms with Crippen molar-refractivity contribution in [2.24, 2.45) is 35.0 Å². The molecular weight excluding hydrogens is 709 g/mol. The highest BCUT2D eigenvalue weighted by atomic mass is 16.5. The minimum absolute atomic E-state index is 0.000534. The number of nitrogens with zero attached hydrogens (tertiary/aromatic N) is 2. The van der Waals surface area contributed by atoms with Crippen LogP contribution in [0.3, 0.4) is 0 Å². The zero-order chi connectivity index (χ0) is 42.5. The monoisotopic (exact) mass is 785 g/mol. The zero-order valence-electron chi connectivity index (χ0n) is 37.1. The molecule has 11 nitrogen and oxygen atoms in total. The minimum Gasteiger partial charge on any atom is -0.379 e. The maximum absolute atomic E-state index is 14.3. The molecule has 1 aliphatic heterocycles. The van der Waals surface area contributed by atoms with E-state index in [0.717, 1.165) is 18.4 Å². The molecule has 3 amide bonds. The van der Waals surface area contributed by atoms with E-state index in [-0.39, 0.29) is 77.4 Å². The Kier molecular flexibility index (Phi) is 19.9. The second-order valence-corrected chi connectivity index (χ2v) is 18.1. The van der Waals surface area contributed by atoms with Crippen molar-refractivity contribution in [3.05, 3.63) is 35.9 Å². The number of methoxy groups -OCH3 is 2. The molecule has 1 aliphatic rings. The van der Waals surface area contributed by atoms with E-state index in [1.807, 2.05) is 83.7 Å². The zero-order valence-corrected chi connectivity index (χ0v) is 37.1. The fourth-order valence-electron chi connectivity index (χ4n) is 8.43. The van der Waals surface area contributed by atoms with Gasteiger partial charge in [-0.15, -0.1) is 0 Å². The number of carbonyl (C=O) groups excluding carboxylic acids is 5. The van der Waals surface area contributed by atoms with Gasteiger partial charge in [0, 0.05) is 46.6 Å². The van der Waals surface area contributed by atoms with Crippen molar-refractivity contribution in [2.45, 2.75) is 151 Å². The second-order valence-electron chi connectivity index (χ2n) is 18.1. The summed E-state index contributed by atoms with van der Waals surface area (Å²) in [6.07, 6.45) is 1.84. The van der Waals surface area contributed by atoms with Crippen LogP contribution in [0.25, 0.3) is 0 Å². The maximum atomic E-state index is 14.3. The Morgan fingerprint density at radius 2 is 1.54 bits per heavy atom.